The molecular formula is C23H27BrN2O3. The summed E-state index contributed by atoms with van der Waals surface area (Å²) in [5.41, 5.74) is 2.20. The Morgan fingerprint density at radius 2 is 1.66 bits per heavy atom. The summed E-state index contributed by atoms with van der Waals surface area (Å²) in [6.45, 7) is 5.31. The normalized spacial score (nSPS) is 15.7. The molecule has 1 heterocycles. The third kappa shape index (κ3) is 5.25. The molecule has 2 amide bonds. The van der Waals surface area contributed by atoms with Gasteiger partial charge in [0.05, 0.1) is 5.41 Å². The molecule has 0 atom stereocenters. The van der Waals surface area contributed by atoms with Gasteiger partial charge in [-0.15, -0.1) is 0 Å². The number of anilines is 1. The van der Waals surface area contributed by atoms with Gasteiger partial charge in [-0.05, 0) is 48.2 Å². The molecule has 2 N–H and O–H groups in total. The molecule has 1 aliphatic heterocycles. The van der Waals surface area contributed by atoms with Crippen molar-refractivity contribution in [2.75, 3.05) is 18.5 Å². The molecule has 2 aromatic carbocycles. The van der Waals surface area contributed by atoms with Crippen molar-refractivity contribution in [1.29, 1.82) is 0 Å². The van der Waals surface area contributed by atoms with E-state index in [0.29, 0.717) is 32.6 Å². The Labute approximate surface area is 180 Å². The van der Waals surface area contributed by atoms with E-state index in [0.717, 1.165) is 21.3 Å². The van der Waals surface area contributed by atoms with Crippen molar-refractivity contribution in [3.05, 3.63) is 64.1 Å². The van der Waals surface area contributed by atoms with Crippen molar-refractivity contribution in [2.24, 2.45) is 5.92 Å². The molecule has 0 radical (unpaired) electrons. The van der Waals surface area contributed by atoms with E-state index >= 15 is 0 Å². The molecule has 1 saturated heterocycles. The fraction of sp³-hybridized carbons (Fsp3) is 0.391. The number of rotatable bonds is 6. The van der Waals surface area contributed by atoms with E-state index in [4.69, 9.17) is 4.74 Å². The van der Waals surface area contributed by atoms with E-state index < -0.39 is 5.41 Å². The molecule has 6 heteroatoms. The zero-order valence-corrected chi connectivity index (χ0v) is 18.4. The molecule has 0 saturated carbocycles. The van der Waals surface area contributed by atoms with Crippen LogP contribution in [0.1, 0.15) is 37.8 Å². The summed E-state index contributed by atoms with van der Waals surface area (Å²) in [6.07, 6.45) is 1.33. The minimum absolute atomic E-state index is 0.0120. The Morgan fingerprint density at radius 3 is 2.24 bits per heavy atom. The van der Waals surface area contributed by atoms with Crippen molar-refractivity contribution >= 4 is 33.4 Å². The molecule has 1 fully saturated rings. The van der Waals surface area contributed by atoms with Crippen LogP contribution in [0.15, 0.2) is 53.0 Å². The lowest BCUT2D eigenvalue weighted by atomic mass is 9.73. The minimum Gasteiger partial charge on any atom is -0.381 e. The predicted octanol–water partition coefficient (Wildman–Crippen LogP) is 4.41. The number of halogens is 1. The molecule has 0 spiro atoms. The maximum absolute atomic E-state index is 13.2. The summed E-state index contributed by atoms with van der Waals surface area (Å²) in [7, 11) is 0. The van der Waals surface area contributed by atoms with Crippen LogP contribution in [0.4, 0.5) is 5.69 Å². The fourth-order valence-corrected chi connectivity index (χ4v) is 3.74. The van der Waals surface area contributed by atoms with Gasteiger partial charge < -0.3 is 15.4 Å². The van der Waals surface area contributed by atoms with Gasteiger partial charge in [0.2, 0.25) is 11.8 Å². The molecule has 3 rings (SSSR count). The van der Waals surface area contributed by atoms with Crippen molar-refractivity contribution in [3.8, 4) is 0 Å². The molecule has 0 bridgehead atoms. The molecule has 29 heavy (non-hydrogen) atoms. The quantitative estimate of drug-likeness (QED) is 0.673. The van der Waals surface area contributed by atoms with Crippen LogP contribution >= 0.6 is 15.9 Å². The van der Waals surface area contributed by atoms with Crippen LogP contribution in [-0.4, -0.2) is 25.0 Å². The zero-order valence-electron chi connectivity index (χ0n) is 16.8. The standard InChI is InChI=1S/C23H27BrN2O3/c1-16(2)21(27)26-20-9-3-17(4-10-20)15-25-22(28)23(11-13-29-14-12-23)18-5-7-19(24)8-6-18/h3-10,16H,11-15H2,1-2H3,(H,25,28)(H,26,27). The molecule has 0 aliphatic carbocycles. The van der Waals surface area contributed by atoms with Gasteiger partial charge in [0.25, 0.3) is 0 Å². The van der Waals surface area contributed by atoms with Gasteiger partial charge in [0, 0.05) is 35.8 Å². The molecule has 2 aromatic rings. The number of carbonyl (C=O) groups is 2. The summed E-state index contributed by atoms with van der Waals surface area (Å²) in [5.74, 6) is -0.0504. The van der Waals surface area contributed by atoms with Gasteiger partial charge in [-0.3, -0.25) is 9.59 Å². The first kappa shape index (κ1) is 21.5. The maximum Gasteiger partial charge on any atom is 0.231 e. The van der Waals surface area contributed by atoms with Crippen LogP contribution in [0.2, 0.25) is 0 Å². The van der Waals surface area contributed by atoms with Gasteiger partial charge in [0.1, 0.15) is 0 Å². The van der Waals surface area contributed by atoms with Gasteiger partial charge in [-0.25, -0.2) is 0 Å². The highest BCUT2D eigenvalue weighted by molar-refractivity contribution is 9.10. The topological polar surface area (TPSA) is 67.4 Å². The zero-order chi connectivity index (χ0) is 20.9. The molecule has 0 unspecified atom stereocenters. The van der Waals surface area contributed by atoms with Crippen molar-refractivity contribution in [1.82, 2.24) is 5.32 Å². The summed E-state index contributed by atoms with van der Waals surface area (Å²) in [5, 5.41) is 5.98. The first-order valence-electron chi connectivity index (χ1n) is 9.92. The van der Waals surface area contributed by atoms with Crippen LogP contribution in [0.5, 0.6) is 0 Å². The van der Waals surface area contributed by atoms with E-state index in [1.54, 1.807) is 0 Å². The Morgan fingerprint density at radius 1 is 1.03 bits per heavy atom. The second-order valence-corrected chi connectivity index (χ2v) is 8.64. The van der Waals surface area contributed by atoms with E-state index in [1.165, 1.54) is 0 Å². The number of hydrogen-bond acceptors (Lipinski definition) is 3. The van der Waals surface area contributed by atoms with Crippen LogP contribution in [0.3, 0.4) is 0 Å². The highest BCUT2D eigenvalue weighted by Crippen LogP contribution is 2.36. The predicted molar refractivity (Wildman–Crippen MR) is 118 cm³/mol. The summed E-state index contributed by atoms with van der Waals surface area (Å²) < 4.78 is 6.51. The lowest BCUT2D eigenvalue weighted by molar-refractivity contribution is -0.130. The minimum atomic E-state index is -0.565. The van der Waals surface area contributed by atoms with Crippen LogP contribution in [-0.2, 0) is 26.3 Å². The number of carbonyl (C=O) groups excluding carboxylic acids is 2. The number of nitrogens with one attached hydrogen (secondary N) is 2. The molecule has 5 nitrogen and oxygen atoms in total. The smallest absolute Gasteiger partial charge is 0.231 e. The lowest BCUT2D eigenvalue weighted by Crippen LogP contribution is -2.47. The second kappa shape index (κ2) is 9.55. The van der Waals surface area contributed by atoms with E-state index in [-0.39, 0.29) is 17.7 Å². The third-order valence-corrected chi connectivity index (χ3v) is 5.91. The van der Waals surface area contributed by atoms with Gasteiger partial charge in [0.15, 0.2) is 0 Å². The number of benzene rings is 2. The summed E-state index contributed by atoms with van der Waals surface area (Å²) >= 11 is 3.46. The Balaban J connectivity index is 1.67. The average Bonchev–Trinajstić information content (AvgIpc) is 2.74. The summed E-state index contributed by atoms with van der Waals surface area (Å²) in [4.78, 5) is 25.0. The summed E-state index contributed by atoms with van der Waals surface area (Å²) in [6, 6.07) is 15.6. The number of amides is 2. The van der Waals surface area contributed by atoms with Crippen LogP contribution in [0, 0.1) is 5.92 Å². The van der Waals surface area contributed by atoms with Crippen molar-refractivity contribution in [2.45, 2.75) is 38.6 Å². The number of hydrogen-bond donors (Lipinski definition) is 2. The largest absolute Gasteiger partial charge is 0.381 e. The van der Waals surface area contributed by atoms with Gasteiger partial charge in [-0.2, -0.15) is 0 Å². The maximum atomic E-state index is 13.2. The number of ether oxygens (including phenoxy) is 1. The van der Waals surface area contributed by atoms with E-state index in [2.05, 4.69) is 26.6 Å². The third-order valence-electron chi connectivity index (χ3n) is 5.38. The highest BCUT2D eigenvalue weighted by Gasteiger charge is 2.41. The SMILES string of the molecule is CC(C)C(=O)Nc1ccc(CNC(=O)C2(c3ccc(Br)cc3)CCOCC2)cc1. The Hall–Kier alpha value is -2.18. The Bertz CT molecular complexity index is 841. The monoisotopic (exact) mass is 458 g/mol. The van der Waals surface area contributed by atoms with E-state index in [1.807, 2.05) is 62.4 Å². The van der Waals surface area contributed by atoms with Gasteiger partial charge in [-0.1, -0.05) is 54.0 Å². The average molecular weight is 459 g/mol. The fourth-order valence-electron chi connectivity index (χ4n) is 3.48. The van der Waals surface area contributed by atoms with Gasteiger partial charge >= 0.3 is 0 Å². The first-order valence-corrected chi connectivity index (χ1v) is 10.7. The molecular weight excluding hydrogens is 432 g/mol. The molecule has 154 valence electrons. The van der Waals surface area contributed by atoms with Crippen molar-refractivity contribution < 1.29 is 14.3 Å². The molecule has 1 aliphatic rings. The van der Waals surface area contributed by atoms with Crippen LogP contribution < -0.4 is 10.6 Å². The van der Waals surface area contributed by atoms with E-state index in [9.17, 15) is 9.59 Å². The highest BCUT2D eigenvalue weighted by atomic mass is 79.9. The lowest BCUT2D eigenvalue weighted by Gasteiger charge is -2.36. The first-order chi connectivity index (χ1) is 13.9. The second-order valence-electron chi connectivity index (χ2n) is 7.72. The van der Waals surface area contributed by atoms with Crippen molar-refractivity contribution in [3.63, 3.8) is 0 Å². The molecule has 0 aromatic heterocycles. The van der Waals surface area contributed by atoms with Crippen LogP contribution in [0.25, 0.3) is 0 Å². The Kier molecular flexibility index (Phi) is 7.09.